The average Bonchev–Trinajstić information content (AvgIpc) is 3.94. The second-order valence-corrected chi connectivity index (χ2v) is 17.5. The summed E-state index contributed by atoms with van der Waals surface area (Å²) in [7, 11) is 0. The van der Waals surface area contributed by atoms with Crippen molar-refractivity contribution in [2.75, 3.05) is 17.2 Å². The number of hydrogen-bond acceptors (Lipinski definition) is 8. The van der Waals surface area contributed by atoms with Gasteiger partial charge in [0.15, 0.2) is 29.4 Å². The van der Waals surface area contributed by atoms with Gasteiger partial charge in [0.1, 0.15) is 23.4 Å². The Balaban J connectivity index is 1.22. The molecule has 2 aromatic heterocycles. The van der Waals surface area contributed by atoms with Gasteiger partial charge in [-0.05, 0) is 33.4 Å². The van der Waals surface area contributed by atoms with Gasteiger partial charge in [0.05, 0.1) is 12.9 Å². The highest BCUT2D eigenvalue weighted by Gasteiger charge is 2.53. The third-order valence-electron chi connectivity index (χ3n) is 12.3. The molecule has 0 bridgehead atoms. The van der Waals surface area contributed by atoms with E-state index in [4.69, 9.17) is 19.2 Å². The number of anilines is 2. The first-order valence-corrected chi connectivity index (χ1v) is 22.9. The van der Waals surface area contributed by atoms with E-state index in [9.17, 15) is 9.59 Å². The van der Waals surface area contributed by atoms with E-state index in [0.29, 0.717) is 0 Å². The lowest BCUT2D eigenvalue weighted by Gasteiger charge is -2.40. The molecule has 6 aromatic carbocycles. The maximum Gasteiger partial charge on any atom is 0.233 e. The highest BCUT2D eigenvalue weighted by atomic mass is 19.1. The number of halogens is 1. The van der Waals surface area contributed by atoms with Crippen LogP contribution >= 0.6 is 0 Å². The fraction of sp³-hybridized carbons (Fsp3) is 0.232. The van der Waals surface area contributed by atoms with Crippen LogP contribution in [-0.4, -0.2) is 56.3 Å². The Bertz CT molecular complexity index is 2750. The number of aromatic nitrogens is 4. The summed E-state index contributed by atoms with van der Waals surface area (Å²) in [5.74, 6) is -1.52. The van der Waals surface area contributed by atoms with E-state index in [-0.39, 0.29) is 41.4 Å². The number of rotatable bonds is 16. The van der Waals surface area contributed by atoms with Gasteiger partial charge in [0.25, 0.3) is 0 Å². The van der Waals surface area contributed by atoms with E-state index >= 15 is 4.39 Å². The van der Waals surface area contributed by atoms with Crippen LogP contribution in [0.15, 0.2) is 188 Å². The topological polar surface area (TPSA) is 129 Å². The monoisotopic (exact) mass is 908 g/mol. The normalized spacial score (nSPS) is 17.4. The van der Waals surface area contributed by atoms with Crippen molar-refractivity contribution >= 4 is 34.7 Å². The summed E-state index contributed by atoms with van der Waals surface area (Å²) < 4.78 is 41.9. The molecule has 11 nitrogen and oxygen atoms in total. The van der Waals surface area contributed by atoms with E-state index < -0.39 is 47.6 Å². The third kappa shape index (κ3) is 8.81. The van der Waals surface area contributed by atoms with Crippen LogP contribution in [0.25, 0.3) is 11.2 Å². The Labute approximate surface area is 395 Å². The van der Waals surface area contributed by atoms with Crippen LogP contribution in [0.3, 0.4) is 0 Å². The lowest BCUT2D eigenvalue weighted by atomic mass is 9.79. The van der Waals surface area contributed by atoms with E-state index in [1.165, 1.54) is 10.9 Å². The molecular weight excluding hydrogens is 856 g/mol. The number of alkyl halides is 1. The molecular formula is C56H53FN6O5. The summed E-state index contributed by atoms with van der Waals surface area (Å²) in [6.45, 7) is 6.83. The minimum atomic E-state index is -1.88. The number of amides is 2. The molecule has 0 radical (unpaired) electrons. The number of carbonyl (C=O) groups excluding carboxylic acids is 2. The molecule has 1 saturated heterocycles. The Morgan fingerprint density at radius 2 is 1.00 bits per heavy atom. The molecule has 9 rings (SSSR count). The molecule has 344 valence electrons. The highest BCUT2D eigenvalue weighted by molar-refractivity contribution is 5.99. The average molecular weight is 909 g/mol. The molecule has 12 heteroatoms. The molecule has 2 amide bonds. The van der Waals surface area contributed by atoms with Crippen LogP contribution in [0.4, 0.5) is 16.2 Å². The number of ether oxygens (including phenoxy) is 3. The lowest BCUT2D eigenvalue weighted by Crippen LogP contribution is -2.45. The molecule has 0 saturated carbocycles. The largest absolute Gasteiger partial charge is 0.358 e. The minimum Gasteiger partial charge on any atom is -0.358 e. The van der Waals surface area contributed by atoms with Gasteiger partial charge in [-0.25, -0.2) is 9.37 Å². The maximum atomic E-state index is 18.6. The van der Waals surface area contributed by atoms with Gasteiger partial charge in [0, 0.05) is 11.8 Å². The van der Waals surface area contributed by atoms with E-state index in [2.05, 4.69) is 20.6 Å². The minimum absolute atomic E-state index is 0.0576. The predicted octanol–water partition coefficient (Wildman–Crippen LogP) is 10.6. The van der Waals surface area contributed by atoms with Crippen molar-refractivity contribution in [2.24, 2.45) is 11.8 Å². The molecule has 0 unspecified atom stereocenters. The second-order valence-electron chi connectivity index (χ2n) is 17.5. The van der Waals surface area contributed by atoms with E-state index in [1.54, 1.807) is 27.7 Å². The molecule has 2 N–H and O–H groups in total. The molecule has 1 fully saturated rings. The Morgan fingerprint density at radius 3 is 1.41 bits per heavy atom. The predicted molar refractivity (Wildman–Crippen MR) is 260 cm³/mol. The summed E-state index contributed by atoms with van der Waals surface area (Å²) in [5, 5.41) is 5.58. The molecule has 1 aliphatic heterocycles. The van der Waals surface area contributed by atoms with Crippen LogP contribution in [0.1, 0.15) is 67.3 Å². The molecule has 4 atom stereocenters. The van der Waals surface area contributed by atoms with Gasteiger partial charge >= 0.3 is 0 Å². The number of fused-ring (bicyclic) bond motifs is 1. The number of imidazole rings is 1. The first kappa shape index (κ1) is 45.8. The van der Waals surface area contributed by atoms with Crippen LogP contribution in [0.2, 0.25) is 0 Å². The van der Waals surface area contributed by atoms with Gasteiger partial charge in [-0.2, -0.15) is 9.97 Å². The standard InChI is InChI=1S/C56H53FN6O5/c1-37(2)51(64)59-49-47-50(61-54(60-49)62-52(65)38(3)4)63(36-58-47)53-46(57)48(68-56(42-29-17-8-18-30-42,43-31-19-9-20-32-43)44-33-21-10-22-34-44)45(67-53)35-66-55(39-23-11-5-12-24-39,40-25-13-6-14-26-40)41-27-15-7-16-28-41/h5-34,36-38,45-46,48,53H,35H2,1-4H3,(H2,59,60,61,62,64,65)/t45-,46+,48-,53-/m1/s1. The third-order valence-corrected chi connectivity index (χ3v) is 12.3. The van der Waals surface area contributed by atoms with Crippen molar-refractivity contribution in [1.29, 1.82) is 0 Å². The first-order chi connectivity index (χ1) is 33.1. The van der Waals surface area contributed by atoms with Crippen molar-refractivity contribution in [3.63, 3.8) is 0 Å². The van der Waals surface area contributed by atoms with Gasteiger partial charge in [0.2, 0.25) is 17.8 Å². The van der Waals surface area contributed by atoms with Crippen molar-refractivity contribution in [3.05, 3.63) is 222 Å². The summed E-state index contributed by atoms with van der Waals surface area (Å²) in [6, 6.07) is 59.2. The summed E-state index contributed by atoms with van der Waals surface area (Å²) in [4.78, 5) is 40.0. The maximum absolute atomic E-state index is 18.6. The van der Waals surface area contributed by atoms with Crippen LogP contribution in [-0.2, 0) is 35.0 Å². The van der Waals surface area contributed by atoms with Gasteiger partial charge in [-0.15, -0.1) is 0 Å². The van der Waals surface area contributed by atoms with Gasteiger partial charge in [-0.1, -0.05) is 210 Å². The molecule has 3 heterocycles. The quantitative estimate of drug-likeness (QED) is 0.0917. The summed E-state index contributed by atoms with van der Waals surface area (Å²) >= 11 is 0. The molecule has 68 heavy (non-hydrogen) atoms. The van der Waals surface area contributed by atoms with Crippen LogP contribution in [0, 0.1) is 11.8 Å². The Kier molecular flexibility index (Phi) is 13.4. The van der Waals surface area contributed by atoms with E-state index in [1.807, 2.05) is 182 Å². The fourth-order valence-corrected chi connectivity index (χ4v) is 8.86. The lowest BCUT2D eigenvalue weighted by molar-refractivity contribution is -0.128. The zero-order chi connectivity index (χ0) is 47.3. The number of carbonyl (C=O) groups is 2. The second kappa shape index (κ2) is 19.8. The van der Waals surface area contributed by atoms with Gasteiger partial charge in [-0.3, -0.25) is 19.5 Å². The zero-order valence-corrected chi connectivity index (χ0v) is 38.3. The summed E-state index contributed by atoms with van der Waals surface area (Å²) in [5.41, 5.74) is 2.67. The van der Waals surface area contributed by atoms with Crippen molar-refractivity contribution in [3.8, 4) is 0 Å². The number of nitrogens with zero attached hydrogens (tertiary/aromatic N) is 4. The number of hydrogen-bond donors (Lipinski definition) is 2. The summed E-state index contributed by atoms with van der Waals surface area (Å²) in [6.07, 6.45) is -4.23. The van der Waals surface area contributed by atoms with Crippen molar-refractivity contribution in [1.82, 2.24) is 19.5 Å². The van der Waals surface area contributed by atoms with Gasteiger partial charge < -0.3 is 19.5 Å². The smallest absolute Gasteiger partial charge is 0.233 e. The molecule has 1 aliphatic rings. The Hall–Kier alpha value is -7.38. The van der Waals surface area contributed by atoms with Crippen molar-refractivity contribution < 1.29 is 28.2 Å². The number of benzene rings is 6. The Morgan fingerprint density at radius 1 is 0.603 bits per heavy atom. The van der Waals surface area contributed by atoms with Crippen LogP contribution in [0.5, 0.6) is 0 Å². The number of nitrogens with one attached hydrogen (secondary N) is 2. The van der Waals surface area contributed by atoms with Crippen molar-refractivity contribution in [2.45, 2.75) is 63.5 Å². The molecule has 0 aliphatic carbocycles. The zero-order valence-electron chi connectivity index (χ0n) is 38.3. The first-order valence-electron chi connectivity index (χ1n) is 22.9. The highest BCUT2D eigenvalue weighted by Crippen LogP contribution is 2.48. The SMILES string of the molecule is CC(C)C(=O)Nc1nc(NC(=O)C(C)C)c2ncn([C@@H]3O[C@H](COC(c4ccccc4)(c4ccccc4)c4ccccc4)[C@@H](OC(c4ccccc4)(c4ccccc4)c4ccccc4)[C@@H]3F)c2n1. The van der Waals surface area contributed by atoms with Crippen LogP contribution < -0.4 is 10.6 Å². The molecule has 8 aromatic rings. The van der Waals surface area contributed by atoms with E-state index in [0.717, 1.165) is 33.4 Å². The fourth-order valence-electron chi connectivity index (χ4n) is 8.86. The molecule has 0 spiro atoms.